The van der Waals surface area contributed by atoms with Gasteiger partial charge in [0.1, 0.15) is 0 Å². The van der Waals surface area contributed by atoms with Crippen LogP contribution in [0.5, 0.6) is 0 Å². The Bertz CT molecular complexity index is 879. The zero-order chi connectivity index (χ0) is 14.1. The lowest BCUT2D eigenvalue weighted by Crippen LogP contribution is -1.91. The highest BCUT2D eigenvalue weighted by Crippen LogP contribution is 2.23. The molecule has 2 aromatic heterocycles. The largest absolute Gasteiger partial charge is 0.254 e. The summed E-state index contributed by atoms with van der Waals surface area (Å²) >= 11 is 1.75. The van der Waals surface area contributed by atoms with Crippen LogP contribution in [0.25, 0.3) is 16.8 Å². The molecule has 4 aromatic rings. The molecular formula is C16H14N4S. The minimum absolute atomic E-state index is 0.804. The van der Waals surface area contributed by atoms with E-state index < -0.39 is 0 Å². The summed E-state index contributed by atoms with van der Waals surface area (Å²) in [6.07, 6.45) is 1.03. The molecule has 1 N–H and O–H groups in total. The summed E-state index contributed by atoms with van der Waals surface area (Å²) in [5, 5.41) is 8.35. The van der Waals surface area contributed by atoms with Gasteiger partial charge in [-0.05, 0) is 24.1 Å². The summed E-state index contributed by atoms with van der Waals surface area (Å²) in [5.74, 6) is 1.80. The van der Waals surface area contributed by atoms with Crippen molar-refractivity contribution in [2.24, 2.45) is 0 Å². The van der Waals surface area contributed by atoms with Crippen molar-refractivity contribution < 1.29 is 0 Å². The van der Waals surface area contributed by atoms with Gasteiger partial charge in [-0.3, -0.25) is 4.40 Å². The molecule has 2 heterocycles. The highest BCUT2D eigenvalue weighted by Gasteiger charge is 2.11. The maximum absolute atomic E-state index is 4.53. The first-order valence-electron chi connectivity index (χ1n) is 6.90. The average molecular weight is 294 g/mol. The number of hydrogen-bond donors (Lipinski definition) is 1. The van der Waals surface area contributed by atoms with Crippen LogP contribution in [0.2, 0.25) is 0 Å². The predicted molar refractivity (Wildman–Crippen MR) is 85.7 cm³/mol. The number of benzene rings is 2. The fourth-order valence-electron chi connectivity index (χ4n) is 2.44. The topological polar surface area (TPSA) is 46.0 Å². The summed E-state index contributed by atoms with van der Waals surface area (Å²) in [4.78, 5) is 4.53. The zero-order valence-electron chi connectivity index (χ0n) is 11.4. The Kier molecular flexibility index (Phi) is 3.12. The minimum Gasteiger partial charge on any atom is -0.254 e. The van der Waals surface area contributed by atoms with E-state index in [2.05, 4.69) is 49.9 Å². The first-order valence-corrected chi connectivity index (χ1v) is 7.89. The van der Waals surface area contributed by atoms with Gasteiger partial charge in [-0.15, -0.1) is 5.10 Å². The van der Waals surface area contributed by atoms with E-state index >= 15 is 0 Å². The van der Waals surface area contributed by atoms with Crippen LogP contribution in [0.4, 0.5) is 0 Å². The van der Waals surface area contributed by atoms with Gasteiger partial charge >= 0.3 is 0 Å². The lowest BCUT2D eigenvalue weighted by molar-refractivity contribution is 0.938. The van der Waals surface area contributed by atoms with Gasteiger partial charge in [0.2, 0.25) is 5.78 Å². The number of H-pyrrole nitrogens is 1. The third kappa shape index (κ3) is 2.29. The molecule has 2 aromatic carbocycles. The molecule has 0 aliphatic rings. The molecule has 5 heteroatoms. The molecule has 4 rings (SSSR count). The smallest absolute Gasteiger partial charge is 0.231 e. The van der Waals surface area contributed by atoms with Crippen molar-refractivity contribution in [3.63, 3.8) is 0 Å². The normalized spacial score (nSPS) is 11.4. The van der Waals surface area contributed by atoms with Gasteiger partial charge in [0.25, 0.3) is 0 Å². The fraction of sp³-hybridized carbons (Fsp3) is 0.125. The van der Waals surface area contributed by atoms with Crippen LogP contribution in [-0.4, -0.2) is 25.3 Å². The maximum Gasteiger partial charge on any atom is 0.231 e. The second-order valence-corrected chi connectivity index (χ2v) is 5.91. The molecule has 21 heavy (non-hydrogen) atoms. The quantitative estimate of drug-likeness (QED) is 0.586. The molecule has 0 bridgehead atoms. The number of para-hydroxylation sites is 2. The molecule has 0 aliphatic heterocycles. The zero-order valence-corrected chi connectivity index (χ0v) is 12.2. The van der Waals surface area contributed by atoms with Gasteiger partial charge in [-0.1, -0.05) is 54.2 Å². The van der Waals surface area contributed by atoms with Gasteiger partial charge in [-0.2, -0.15) is 0 Å². The molecule has 104 valence electrons. The number of imidazole rings is 1. The molecular weight excluding hydrogens is 280 g/mol. The maximum atomic E-state index is 4.53. The van der Waals surface area contributed by atoms with Crippen molar-refractivity contribution in [2.45, 2.75) is 11.6 Å². The van der Waals surface area contributed by atoms with Gasteiger partial charge < -0.3 is 0 Å². The number of aromatic amines is 1. The molecule has 0 saturated carbocycles. The predicted octanol–water partition coefficient (Wildman–Crippen LogP) is 3.55. The number of aryl methyl sites for hydroxylation is 1. The molecule has 0 spiro atoms. The lowest BCUT2D eigenvalue weighted by Gasteiger charge is -2.00. The number of rotatable bonds is 4. The number of aromatic nitrogens is 4. The van der Waals surface area contributed by atoms with Crippen LogP contribution < -0.4 is 0 Å². The SMILES string of the molecule is c1ccc(CCSc2n[nH]c3nc4ccccc4n23)cc1. The average Bonchev–Trinajstić information content (AvgIpc) is 3.08. The number of hydrogen-bond acceptors (Lipinski definition) is 3. The van der Waals surface area contributed by atoms with Gasteiger partial charge in [0, 0.05) is 5.75 Å². The minimum atomic E-state index is 0.804. The van der Waals surface area contributed by atoms with E-state index in [4.69, 9.17) is 0 Å². The van der Waals surface area contributed by atoms with Crippen molar-refractivity contribution in [2.75, 3.05) is 5.75 Å². The van der Waals surface area contributed by atoms with Crippen LogP contribution in [0.15, 0.2) is 59.8 Å². The molecule has 0 fully saturated rings. The standard InChI is InChI=1S/C16H14N4S/c1-2-6-12(7-3-1)10-11-21-16-19-18-15-17-13-8-4-5-9-14(13)20(15)16/h1-9H,10-11H2,(H,17,18). The number of nitrogens with zero attached hydrogens (tertiary/aromatic N) is 3. The van der Waals surface area contributed by atoms with Gasteiger partial charge in [0.15, 0.2) is 5.16 Å². The Balaban J connectivity index is 1.59. The number of fused-ring (bicyclic) bond motifs is 3. The van der Waals surface area contributed by atoms with Crippen molar-refractivity contribution in [1.82, 2.24) is 19.6 Å². The first kappa shape index (κ1) is 12.5. The Morgan fingerprint density at radius 2 is 1.81 bits per heavy atom. The Morgan fingerprint density at radius 3 is 2.71 bits per heavy atom. The van der Waals surface area contributed by atoms with E-state index in [1.165, 1.54) is 5.56 Å². The van der Waals surface area contributed by atoms with E-state index in [-0.39, 0.29) is 0 Å². The Labute approximate surface area is 126 Å². The van der Waals surface area contributed by atoms with E-state index in [9.17, 15) is 0 Å². The summed E-state index contributed by atoms with van der Waals surface area (Å²) in [5.41, 5.74) is 3.45. The molecule has 0 amide bonds. The van der Waals surface area contributed by atoms with Crippen molar-refractivity contribution in [3.8, 4) is 0 Å². The summed E-state index contributed by atoms with van der Waals surface area (Å²) in [6.45, 7) is 0. The highest BCUT2D eigenvalue weighted by molar-refractivity contribution is 7.99. The first-order chi connectivity index (χ1) is 10.4. The molecule has 0 atom stereocenters. The second-order valence-electron chi connectivity index (χ2n) is 4.85. The van der Waals surface area contributed by atoms with Crippen LogP contribution >= 0.6 is 11.8 Å². The summed E-state index contributed by atoms with van der Waals surface area (Å²) in [6, 6.07) is 18.7. The summed E-state index contributed by atoms with van der Waals surface area (Å²) < 4.78 is 2.09. The van der Waals surface area contributed by atoms with E-state index in [0.29, 0.717) is 0 Å². The van der Waals surface area contributed by atoms with Crippen LogP contribution in [0.3, 0.4) is 0 Å². The van der Waals surface area contributed by atoms with Crippen molar-refractivity contribution >= 4 is 28.6 Å². The third-order valence-electron chi connectivity index (χ3n) is 3.47. The monoisotopic (exact) mass is 294 g/mol. The molecule has 0 radical (unpaired) electrons. The van der Waals surface area contributed by atoms with Crippen LogP contribution in [0, 0.1) is 0 Å². The highest BCUT2D eigenvalue weighted by atomic mass is 32.2. The third-order valence-corrected chi connectivity index (χ3v) is 4.41. The van der Waals surface area contributed by atoms with Crippen LogP contribution in [0.1, 0.15) is 5.56 Å². The second kappa shape index (κ2) is 5.26. The van der Waals surface area contributed by atoms with Gasteiger partial charge in [-0.25, -0.2) is 10.1 Å². The number of nitrogens with one attached hydrogen (secondary N) is 1. The molecule has 4 nitrogen and oxygen atoms in total. The Morgan fingerprint density at radius 1 is 1.00 bits per heavy atom. The van der Waals surface area contributed by atoms with Crippen molar-refractivity contribution in [3.05, 3.63) is 60.2 Å². The van der Waals surface area contributed by atoms with E-state index in [1.54, 1.807) is 11.8 Å². The fourth-order valence-corrected chi connectivity index (χ4v) is 3.39. The van der Waals surface area contributed by atoms with Crippen molar-refractivity contribution in [1.29, 1.82) is 0 Å². The summed E-state index contributed by atoms with van der Waals surface area (Å²) in [7, 11) is 0. The van der Waals surface area contributed by atoms with E-state index in [0.717, 1.165) is 34.1 Å². The Hall–Kier alpha value is -2.27. The lowest BCUT2D eigenvalue weighted by atomic mass is 10.2. The van der Waals surface area contributed by atoms with Crippen LogP contribution in [-0.2, 0) is 6.42 Å². The molecule has 0 saturated heterocycles. The number of thioether (sulfide) groups is 1. The molecule has 0 aliphatic carbocycles. The van der Waals surface area contributed by atoms with Gasteiger partial charge in [0.05, 0.1) is 11.0 Å². The van der Waals surface area contributed by atoms with E-state index in [1.807, 2.05) is 24.3 Å². The molecule has 0 unspecified atom stereocenters.